The highest BCUT2D eigenvalue weighted by molar-refractivity contribution is 5.75. The van der Waals surface area contributed by atoms with Crippen molar-refractivity contribution in [2.45, 2.75) is 26.9 Å². The summed E-state index contributed by atoms with van der Waals surface area (Å²) in [6, 6.07) is 0. The van der Waals surface area contributed by atoms with Gasteiger partial charge in [-0.1, -0.05) is 6.08 Å². The van der Waals surface area contributed by atoms with Crippen LogP contribution in [0.5, 0.6) is 0 Å². The maximum Gasteiger partial charge on any atom is 0.311 e. The summed E-state index contributed by atoms with van der Waals surface area (Å²) >= 11 is 0. The summed E-state index contributed by atoms with van der Waals surface area (Å²) in [4.78, 5) is 13.7. The zero-order valence-electron chi connectivity index (χ0n) is 9.41. The Balaban J connectivity index is 2.49. The molecule has 0 aromatic rings. The van der Waals surface area contributed by atoms with Crippen molar-refractivity contribution in [2.75, 3.05) is 20.1 Å². The Bertz CT molecular complexity index is 240. The first-order valence-corrected chi connectivity index (χ1v) is 4.96. The Morgan fingerprint density at radius 1 is 1.50 bits per heavy atom. The molecule has 0 bridgehead atoms. The Morgan fingerprint density at radius 2 is 2.14 bits per heavy atom. The largest absolute Gasteiger partial charge is 0.456 e. The summed E-state index contributed by atoms with van der Waals surface area (Å²) < 4.78 is 5.36. The van der Waals surface area contributed by atoms with E-state index in [0.29, 0.717) is 0 Å². The normalized spacial score (nSPS) is 23.6. The van der Waals surface area contributed by atoms with E-state index < -0.39 is 5.41 Å². The van der Waals surface area contributed by atoms with Gasteiger partial charge in [0.15, 0.2) is 0 Å². The number of esters is 1. The van der Waals surface area contributed by atoms with Gasteiger partial charge in [0.1, 0.15) is 6.10 Å². The molecule has 0 amide bonds. The minimum absolute atomic E-state index is 0.0829. The van der Waals surface area contributed by atoms with Crippen molar-refractivity contribution in [3.63, 3.8) is 0 Å². The first-order chi connectivity index (χ1) is 6.39. The molecule has 1 aliphatic heterocycles. The third-order valence-electron chi connectivity index (χ3n) is 2.13. The molecule has 1 rings (SSSR count). The minimum Gasteiger partial charge on any atom is -0.456 e. The first-order valence-electron chi connectivity index (χ1n) is 4.96. The molecule has 0 saturated heterocycles. The Labute approximate surface area is 85.7 Å². The van der Waals surface area contributed by atoms with Crippen LogP contribution < -0.4 is 0 Å². The van der Waals surface area contributed by atoms with Gasteiger partial charge in [-0.2, -0.15) is 0 Å². The molecule has 0 aliphatic carbocycles. The zero-order chi connectivity index (χ0) is 10.8. The van der Waals surface area contributed by atoms with E-state index in [2.05, 4.69) is 4.90 Å². The Hall–Kier alpha value is -0.830. The molecule has 0 N–H and O–H groups in total. The second kappa shape index (κ2) is 4.13. The lowest BCUT2D eigenvalue weighted by Crippen LogP contribution is -2.37. The quantitative estimate of drug-likeness (QED) is 0.470. The third-order valence-corrected chi connectivity index (χ3v) is 2.13. The Kier molecular flexibility index (Phi) is 3.32. The van der Waals surface area contributed by atoms with Crippen molar-refractivity contribution in [1.82, 2.24) is 4.90 Å². The van der Waals surface area contributed by atoms with Gasteiger partial charge in [0.25, 0.3) is 0 Å². The fraction of sp³-hybridized carbons (Fsp3) is 0.727. The molecule has 14 heavy (non-hydrogen) atoms. The fourth-order valence-corrected chi connectivity index (χ4v) is 1.23. The maximum absolute atomic E-state index is 11.6. The molecule has 0 fully saturated rings. The van der Waals surface area contributed by atoms with Crippen LogP contribution in [0.25, 0.3) is 0 Å². The summed E-state index contributed by atoms with van der Waals surface area (Å²) in [6.07, 6.45) is 3.91. The molecule has 0 spiro atoms. The van der Waals surface area contributed by atoms with Crippen LogP contribution in [0.1, 0.15) is 20.8 Å². The number of nitrogens with zero attached hydrogens (tertiary/aromatic N) is 1. The van der Waals surface area contributed by atoms with Crippen LogP contribution >= 0.6 is 0 Å². The van der Waals surface area contributed by atoms with Crippen molar-refractivity contribution in [3.8, 4) is 0 Å². The lowest BCUT2D eigenvalue weighted by molar-refractivity contribution is -0.157. The maximum atomic E-state index is 11.6. The molecule has 1 atom stereocenters. The van der Waals surface area contributed by atoms with Crippen LogP contribution in [0.3, 0.4) is 0 Å². The molecule has 3 nitrogen and oxygen atoms in total. The van der Waals surface area contributed by atoms with Crippen LogP contribution in [-0.4, -0.2) is 37.1 Å². The smallest absolute Gasteiger partial charge is 0.311 e. The predicted molar refractivity (Wildman–Crippen MR) is 56.0 cm³/mol. The van der Waals surface area contributed by atoms with Crippen molar-refractivity contribution in [3.05, 3.63) is 12.2 Å². The van der Waals surface area contributed by atoms with Gasteiger partial charge < -0.3 is 4.74 Å². The molecule has 3 heteroatoms. The van der Waals surface area contributed by atoms with Crippen LogP contribution in [-0.2, 0) is 9.53 Å². The van der Waals surface area contributed by atoms with E-state index in [0.717, 1.165) is 13.1 Å². The van der Waals surface area contributed by atoms with Crippen LogP contribution in [0, 0.1) is 5.41 Å². The highest BCUT2D eigenvalue weighted by Gasteiger charge is 2.26. The number of hydrogen-bond acceptors (Lipinski definition) is 3. The minimum atomic E-state index is -0.413. The number of hydrogen-bond donors (Lipinski definition) is 0. The number of likely N-dealkylation sites (N-methyl/N-ethyl adjacent to an activating group) is 1. The molecular formula is C11H19NO2. The molecule has 0 aromatic heterocycles. The number of rotatable bonds is 1. The van der Waals surface area contributed by atoms with Gasteiger partial charge in [-0.25, -0.2) is 0 Å². The number of ether oxygens (including phenoxy) is 1. The molecule has 1 heterocycles. The van der Waals surface area contributed by atoms with Crippen LogP contribution in [0.15, 0.2) is 12.2 Å². The lowest BCUT2D eigenvalue weighted by Gasteiger charge is -2.27. The van der Waals surface area contributed by atoms with Crippen LogP contribution in [0.4, 0.5) is 0 Å². The highest BCUT2D eigenvalue weighted by Crippen LogP contribution is 2.17. The molecular weight excluding hydrogens is 178 g/mol. The molecule has 0 radical (unpaired) electrons. The van der Waals surface area contributed by atoms with Gasteiger partial charge in [0, 0.05) is 13.1 Å². The summed E-state index contributed by atoms with van der Waals surface area (Å²) in [5.41, 5.74) is -0.413. The van der Waals surface area contributed by atoms with Gasteiger partial charge in [-0.3, -0.25) is 9.69 Å². The highest BCUT2D eigenvalue weighted by atomic mass is 16.5. The Morgan fingerprint density at radius 3 is 2.64 bits per heavy atom. The van der Waals surface area contributed by atoms with E-state index in [1.165, 1.54) is 0 Å². The van der Waals surface area contributed by atoms with Crippen molar-refractivity contribution < 1.29 is 9.53 Å². The van der Waals surface area contributed by atoms with Crippen molar-refractivity contribution in [1.29, 1.82) is 0 Å². The van der Waals surface area contributed by atoms with Crippen molar-refractivity contribution in [2.24, 2.45) is 5.41 Å². The average Bonchev–Trinajstić information content (AvgIpc) is 2.02. The van der Waals surface area contributed by atoms with Crippen molar-refractivity contribution >= 4 is 5.97 Å². The predicted octanol–water partition coefficient (Wildman–Crippen LogP) is 1.45. The van der Waals surface area contributed by atoms with Crippen LogP contribution in [0.2, 0.25) is 0 Å². The van der Waals surface area contributed by atoms with Gasteiger partial charge in [0.05, 0.1) is 5.41 Å². The molecule has 0 unspecified atom stereocenters. The topological polar surface area (TPSA) is 29.5 Å². The second-order valence-electron chi connectivity index (χ2n) is 4.84. The molecule has 0 aromatic carbocycles. The summed E-state index contributed by atoms with van der Waals surface area (Å²) in [6.45, 7) is 7.32. The van der Waals surface area contributed by atoms with E-state index >= 15 is 0 Å². The van der Waals surface area contributed by atoms with E-state index in [4.69, 9.17) is 4.74 Å². The summed E-state index contributed by atoms with van der Waals surface area (Å²) in [7, 11) is 2.02. The molecule has 80 valence electrons. The number of carbonyl (C=O) groups is 1. The first kappa shape index (κ1) is 11.2. The van der Waals surface area contributed by atoms with Gasteiger partial charge in [-0.15, -0.1) is 0 Å². The standard InChI is InChI=1S/C11H19NO2/c1-11(2,3)10(13)14-9-6-5-7-12(4)8-9/h5-6,9H,7-8H2,1-4H3/t9-/m0/s1. The third kappa shape index (κ3) is 3.14. The molecule has 1 aliphatic rings. The SMILES string of the molecule is CN1CC=C[C@H](OC(=O)C(C)(C)C)C1. The average molecular weight is 197 g/mol. The van der Waals surface area contributed by atoms with Gasteiger partial charge in [0.2, 0.25) is 0 Å². The summed E-state index contributed by atoms with van der Waals surface area (Å²) in [5.74, 6) is -0.137. The lowest BCUT2D eigenvalue weighted by atomic mass is 9.97. The van der Waals surface area contributed by atoms with Gasteiger partial charge >= 0.3 is 5.97 Å². The van der Waals surface area contributed by atoms with Gasteiger partial charge in [-0.05, 0) is 33.9 Å². The van der Waals surface area contributed by atoms with E-state index in [9.17, 15) is 4.79 Å². The summed E-state index contributed by atoms with van der Waals surface area (Å²) in [5, 5.41) is 0. The zero-order valence-corrected chi connectivity index (χ0v) is 9.41. The second-order valence-corrected chi connectivity index (χ2v) is 4.84. The monoisotopic (exact) mass is 197 g/mol. The molecule has 0 saturated carbocycles. The fourth-order valence-electron chi connectivity index (χ4n) is 1.23. The van der Waals surface area contributed by atoms with E-state index in [1.54, 1.807) is 0 Å². The van der Waals surface area contributed by atoms with E-state index in [1.807, 2.05) is 40.0 Å². The van der Waals surface area contributed by atoms with E-state index in [-0.39, 0.29) is 12.1 Å². The number of carbonyl (C=O) groups excluding carboxylic acids is 1.